The van der Waals surface area contributed by atoms with Crippen LogP contribution in [-0.4, -0.2) is 17.0 Å². The average molecular weight is 273 g/mol. The normalized spacial score (nSPS) is 38.4. The monoisotopic (exact) mass is 273 g/mol. The van der Waals surface area contributed by atoms with E-state index in [1.807, 2.05) is 7.05 Å². The first-order chi connectivity index (χ1) is 9.67. The Kier molecular flexibility index (Phi) is 2.78. The van der Waals surface area contributed by atoms with Gasteiger partial charge in [0.25, 0.3) is 5.56 Å². The molecule has 1 aromatic heterocycles. The van der Waals surface area contributed by atoms with E-state index in [1.54, 1.807) is 6.07 Å². The fourth-order valence-electron chi connectivity index (χ4n) is 5.43. The third-order valence-corrected chi connectivity index (χ3v) is 5.69. The van der Waals surface area contributed by atoms with Gasteiger partial charge >= 0.3 is 0 Å². The Balaban J connectivity index is 1.75. The zero-order valence-corrected chi connectivity index (χ0v) is 12.1. The quantitative estimate of drug-likeness (QED) is 0.885. The van der Waals surface area contributed by atoms with E-state index in [2.05, 4.69) is 10.3 Å². The van der Waals surface area contributed by atoms with Gasteiger partial charge in [-0.3, -0.25) is 4.79 Å². The van der Waals surface area contributed by atoms with Crippen molar-refractivity contribution in [1.29, 1.82) is 0 Å². The third-order valence-electron chi connectivity index (χ3n) is 5.69. The van der Waals surface area contributed by atoms with Gasteiger partial charge in [0, 0.05) is 18.0 Å². The lowest BCUT2D eigenvalue weighted by Crippen LogP contribution is -2.50. The van der Waals surface area contributed by atoms with Crippen LogP contribution in [0.5, 0.6) is 0 Å². The first-order valence-corrected chi connectivity index (χ1v) is 7.92. The van der Waals surface area contributed by atoms with Crippen molar-refractivity contribution in [2.24, 2.45) is 17.8 Å². The highest BCUT2D eigenvalue weighted by Gasteiger charge is 2.52. The number of rotatable bonds is 3. The van der Waals surface area contributed by atoms with Crippen LogP contribution in [0.1, 0.15) is 50.0 Å². The molecule has 4 nitrogen and oxygen atoms in total. The molecule has 0 aliphatic heterocycles. The number of aromatic amines is 1. The van der Waals surface area contributed by atoms with Gasteiger partial charge in [0.15, 0.2) is 0 Å². The number of H-pyrrole nitrogens is 1. The van der Waals surface area contributed by atoms with E-state index < -0.39 is 0 Å². The van der Waals surface area contributed by atoms with Crippen LogP contribution in [0.25, 0.3) is 0 Å². The average Bonchev–Trinajstić information content (AvgIpc) is 2.36. The molecule has 4 fully saturated rings. The molecule has 1 heterocycles. The van der Waals surface area contributed by atoms with Crippen LogP contribution in [-0.2, 0) is 12.0 Å². The second-order valence-electron chi connectivity index (χ2n) is 7.31. The number of hydrogen-bond acceptors (Lipinski definition) is 3. The molecule has 5 rings (SSSR count). The van der Waals surface area contributed by atoms with Crippen molar-refractivity contribution in [1.82, 2.24) is 15.3 Å². The van der Waals surface area contributed by atoms with E-state index in [0.29, 0.717) is 6.54 Å². The van der Waals surface area contributed by atoms with Gasteiger partial charge in [-0.15, -0.1) is 0 Å². The predicted octanol–water partition coefficient (Wildman–Crippen LogP) is 1.96. The maximum absolute atomic E-state index is 12.0. The number of hydrogen-bond donors (Lipinski definition) is 2. The Morgan fingerprint density at radius 2 is 1.85 bits per heavy atom. The summed E-state index contributed by atoms with van der Waals surface area (Å²) in [6, 6.07) is 1.63. The van der Waals surface area contributed by atoms with E-state index in [0.717, 1.165) is 29.3 Å². The summed E-state index contributed by atoms with van der Waals surface area (Å²) in [5.41, 5.74) is 1.07. The van der Waals surface area contributed by atoms with Gasteiger partial charge in [0.2, 0.25) is 0 Å². The molecule has 0 saturated heterocycles. The summed E-state index contributed by atoms with van der Waals surface area (Å²) < 4.78 is 0. The Bertz CT molecular complexity index is 542. The van der Waals surface area contributed by atoms with Gasteiger partial charge in [-0.1, -0.05) is 0 Å². The van der Waals surface area contributed by atoms with Crippen LogP contribution in [0, 0.1) is 17.8 Å². The van der Waals surface area contributed by atoms with E-state index >= 15 is 0 Å². The van der Waals surface area contributed by atoms with Crippen LogP contribution in [0.3, 0.4) is 0 Å². The standard InChI is InChI=1S/C16H23N3O/c1-17-9-13-5-14(20)19-15(18-13)16-6-10-2-11(7-16)4-12(3-10)8-16/h5,10-12,17H,2-4,6-9H2,1H3,(H,18,19,20). The van der Waals surface area contributed by atoms with Gasteiger partial charge in [-0.2, -0.15) is 0 Å². The molecule has 0 spiro atoms. The zero-order valence-electron chi connectivity index (χ0n) is 12.1. The number of aromatic nitrogens is 2. The van der Waals surface area contributed by atoms with Gasteiger partial charge in [-0.05, 0) is 63.3 Å². The summed E-state index contributed by atoms with van der Waals surface area (Å²) in [5, 5.41) is 3.10. The second-order valence-corrected chi connectivity index (χ2v) is 7.31. The largest absolute Gasteiger partial charge is 0.314 e. The second kappa shape index (κ2) is 4.42. The van der Waals surface area contributed by atoms with Crippen molar-refractivity contribution in [3.05, 3.63) is 27.9 Å². The molecule has 0 atom stereocenters. The highest BCUT2D eigenvalue weighted by Crippen LogP contribution is 2.59. The fraction of sp³-hybridized carbons (Fsp3) is 0.750. The van der Waals surface area contributed by atoms with Crippen LogP contribution < -0.4 is 10.9 Å². The van der Waals surface area contributed by atoms with Crippen molar-refractivity contribution in [2.45, 2.75) is 50.5 Å². The molecule has 0 amide bonds. The highest BCUT2D eigenvalue weighted by molar-refractivity contribution is 5.18. The van der Waals surface area contributed by atoms with Gasteiger partial charge in [0.1, 0.15) is 5.82 Å². The summed E-state index contributed by atoms with van der Waals surface area (Å²) in [5.74, 6) is 3.60. The lowest BCUT2D eigenvalue weighted by molar-refractivity contribution is -0.00961. The van der Waals surface area contributed by atoms with Gasteiger partial charge < -0.3 is 10.3 Å². The summed E-state index contributed by atoms with van der Waals surface area (Å²) in [7, 11) is 1.90. The van der Waals surface area contributed by atoms with Crippen LogP contribution in [0.4, 0.5) is 0 Å². The number of nitrogens with zero attached hydrogens (tertiary/aromatic N) is 1. The Labute approximate surface area is 119 Å². The molecule has 0 radical (unpaired) electrons. The zero-order chi connectivity index (χ0) is 13.7. The van der Waals surface area contributed by atoms with Gasteiger partial charge in [-0.25, -0.2) is 4.98 Å². The fourth-order valence-corrected chi connectivity index (χ4v) is 5.43. The molecule has 0 aromatic carbocycles. The van der Waals surface area contributed by atoms with E-state index in [4.69, 9.17) is 4.98 Å². The van der Waals surface area contributed by atoms with Crippen molar-refractivity contribution >= 4 is 0 Å². The lowest BCUT2D eigenvalue weighted by atomic mass is 9.49. The third kappa shape index (κ3) is 1.93. The SMILES string of the molecule is CNCc1cc(=O)[nH]c(C23CC4CC(CC(C4)C2)C3)n1. The molecule has 2 N–H and O–H groups in total. The molecular formula is C16H23N3O. The summed E-state index contributed by atoms with van der Waals surface area (Å²) >= 11 is 0. The molecule has 108 valence electrons. The molecule has 4 aliphatic rings. The van der Waals surface area contributed by atoms with E-state index in [1.165, 1.54) is 38.5 Å². The molecule has 1 aromatic rings. The predicted molar refractivity (Wildman–Crippen MR) is 77.5 cm³/mol. The maximum atomic E-state index is 12.0. The topological polar surface area (TPSA) is 57.8 Å². The van der Waals surface area contributed by atoms with Crippen molar-refractivity contribution in [2.75, 3.05) is 7.05 Å². The van der Waals surface area contributed by atoms with Crippen LogP contribution in [0.15, 0.2) is 10.9 Å². The van der Waals surface area contributed by atoms with Crippen molar-refractivity contribution in [3.8, 4) is 0 Å². The van der Waals surface area contributed by atoms with Crippen molar-refractivity contribution < 1.29 is 0 Å². The Morgan fingerprint density at radius 3 is 2.40 bits per heavy atom. The van der Waals surface area contributed by atoms with Gasteiger partial charge in [0.05, 0.1) is 5.69 Å². The first-order valence-electron chi connectivity index (χ1n) is 7.92. The Morgan fingerprint density at radius 1 is 1.25 bits per heavy atom. The molecular weight excluding hydrogens is 250 g/mol. The van der Waals surface area contributed by atoms with Crippen LogP contribution in [0.2, 0.25) is 0 Å². The molecule has 4 saturated carbocycles. The Hall–Kier alpha value is -1.16. The first kappa shape index (κ1) is 12.6. The smallest absolute Gasteiger partial charge is 0.251 e. The van der Waals surface area contributed by atoms with Crippen LogP contribution >= 0.6 is 0 Å². The molecule has 4 heteroatoms. The summed E-state index contributed by atoms with van der Waals surface area (Å²) in [4.78, 5) is 19.8. The molecule has 4 aliphatic carbocycles. The summed E-state index contributed by atoms with van der Waals surface area (Å²) in [6.45, 7) is 0.670. The summed E-state index contributed by atoms with van der Waals surface area (Å²) in [6.07, 6.45) is 7.97. The molecule has 20 heavy (non-hydrogen) atoms. The minimum absolute atomic E-state index is 0.0102. The highest BCUT2D eigenvalue weighted by atomic mass is 16.1. The van der Waals surface area contributed by atoms with E-state index in [-0.39, 0.29) is 11.0 Å². The minimum Gasteiger partial charge on any atom is -0.314 e. The number of nitrogens with one attached hydrogen (secondary N) is 2. The lowest BCUT2D eigenvalue weighted by Gasteiger charge is -2.56. The maximum Gasteiger partial charge on any atom is 0.251 e. The minimum atomic E-state index is 0.0102. The van der Waals surface area contributed by atoms with Crippen molar-refractivity contribution in [3.63, 3.8) is 0 Å². The molecule has 4 bridgehead atoms. The molecule has 0 unspecified atom stereocenters. The van der Waals surface area contributed by atoms with E-state index in [9.17, 15) is 4.79 Å².